The number of hydrogen-bond acceptors (Lipinski definition) is 6. The summed E-state index contributed by atoms with van der Waals surface area (Å²) in [5, 5.41) is 12.6. The van der Waals surface area contributed by atoms with Crippen LogP contribution in [0, 0.1) is 18.3 Å². The molecule has 0 aliphatic carbocycles. The van der Waals surface area contributed by atoms with Crippen LogP contribution in [0.3, 0.4) is 0 Å². The van der Waals surface area contributed by atoms with Crippen LogP contribution < -0.4 is 11.1 Å². The van der Waals surface area contributed by atoms with Gasteiger partial charge in [-0.05, 0) is 26.3 Å². The number of amides is 1. The Balaban J connectivity index is 2.42. The molecule has 0 bridgehead atoms. The Labute approximate surface area is 157 Å². The molecule has 0 unspecified atom stereocenters. The fraction of sp³-hybridized carbons (Fsp3) is 0.350. The normalized spacial score (nSPS) is 20.9. The molecule has 140 valence electrons. The Morgan fingerprint density at radius 1 is 1.41 bits per heavy atom. The van der Waals surface area contributed by atoms with E-state index in [2.05, 4.69) is 5.32 Å². The van der Waals surface area contributed by atoms with Crippen LogP contribution in [-0.2, 0) is 24.5 Å². The molecule has 0 fully saturated rings. The van der Waals surface area contributed by atoms with Gasteiger partial charge in [0.25, 0.3) is 0 Å². The summed E-state index contributed by atoms with van der Waals surface area (Å²) in [6, 6.07) is 7.37. The van der Waals surface area contributed by atoms with Crippen LogP contribution in [-0.4, -0.2) is 18.5 Å². The fourth-order valence-electron chi connectivity index (χ4n) is 3.68. The molecule has 1 spiro atoms. The largest absolute Gasteiger partial charge is 0.462 e. The van der Waals surface area contributed by atoms with Crippen LogP contribution in [0.1, 0.15) is 37.8 Å². The first-order valence-corrected chi connectivity index (χ1v) is 8.83. The molecule has 3 rings (SSSR count). The average molecular weight is 367 g/mol. The van der Waals surface area contributed by atoms with Crippen molar-refractivity contribution in [2.45, 2.75) is 39.0 Å². The number of allylic oxidation sites excluding steroid dienone is 1. The third-order valence-electron chi connectivity index (χ3n) is 4.74. The lowest BCUT2D eigenvalue weighted by Gasteiger charge is -2.34. The van der Waals surface area contributed by atoms with Crippen molar-refractivity contribution in [2.24, 2.45) is 5.73 Å². The minimum Gasteiger partial charge on any atom is -0.462 e. The third-order valence-corrected chi connectivity index (χ3v) is 4.74. The van der Waals surface area contributed by atoms with Gasteiger partial charge < -0.3 is 20.5 Å². The average Bonchev–Trinajstić information content (AvgIpc) is 2.88. The summed E-state index contributed by atoms with van der Waals surface area (Å²) in [5.41, 5.74) is 6.20. The molecule has 1 atom stereocenters. The number of fused-ring (bicyclic) bond motifs is 2. The molecule has 2 aliphatic heterocycles. The van der Waals surface area contributed by atoms with Crippen LogP contribution in [0.5, 0.6) is 0 Å². The number of esters is 1. The number of benzene rings is 1. The smallest absolute Gasteiger partial charge is 0.339 e. The monoisotopic (exact) mass is 367 g/mol. The number of nitriles is 1. The summed E-state index contributed by atoms with van der Waals surface area (Å²) >= 11 is 0. The van der Waals surface area contributed by atoms with E-state index in [-0.39, 0.29) is 29.4 Å². The molecule has 7 heteroatoms. The van der Waals surface area contributed by atoms with Gasteiger partial charge in [0, 0.05) is 17.7 Å². The third kappa shape index (κ3) is 2.56. The molecule has 7 nitrogen and oxygen atoms in total. The summed E-state index contributed by atoms with van der Waals surface area (Å²) in [6.07, 6.45) is 1.04. The highest BCUT2D eigenvalue weighted by Crippen LogP contribution is 2.52. The van der Waals surface area contributed by atoms with Crippen molar-refractivity contribution in [3.05, 3.63) is 52.1 Å². The molecular formula is C20H21N3O4. The van der Waals surface area contributed by atoms with Gasteiger partial charge in [0.1, 0.15) is 23.0 Å². The van der Waals surface area contributed by atoms with Crippen molar-refractivity contribution in [3.63, 3.8) is 0 Å². The summed E-state index contributed by atoms with van der Waals surface area (Å²) in [4.78, 5) is 26.2. The standard InChI is InChI=1S/C20H21N3O4/c1-4-6-15-16(18(24)26-5-2)20(13(10-21)17(22)27-15)12-9-11(3)7-8-14(12)23-19(20)25/h7-9H,4-6,22H2,1-3H3,(H,23,25)/t20-/m1/s1. The molecule has 0 aromatic heterocycles. The van der Waals surface area contributed by atoms with Gasteiger partial charge in [0.15, 0.2) is 5.41 Å². The predicted molar refractivity (Wildman–Crippen MR) is 98.0 cm³/mol. The molecule has 1 aromatic rings. The van der Waals surface area contributed by atoms with Gasteiger partial charge in [-0.25, -0.2) is 4.79 Å². The van der Waals surface area contributed by atoms with E-state index >= 15 is 0 Å². The zero-order valence-corrected chi connectivity index (χ0v) is 15.5. The number of nitrogens with two attached hydrogens (primary N) is 1. The molecular weight excluding hydrogens is 346 g/mol. The van der Waals surface area contributed by atoms with Gasteiger partial charge in [-0.1, -0.05) is 24.6 Å². The highest BCUT2D eigenvalue weighted by molar-refractivity contribution is 6.17. The van der Waals surface area contributed by atoms with E-state index in [1.165, 1.54) is 0 Å². The number of aryl methyl sites for hydroxylation is 1. The molecule has 2 heterocycles. The number of nitrogens with zero attached hydrogens (tertiary/aromatic N) is 1. The molecule has 0 saturated heterocycles. The van der Waals surface area contributed by atoms with Crippen LogP contribution in [0.15, 0.2) is 41.0 Å². The van der Waals surface area contributed by atoms with E-state index < -0.39 is 17.3 Å². The maximum absolute atomic E-state index is 13.3. The summed E-state index contributed by atoms with van der Waals surface area (Å²) in [7, 11) is 0. The van der Waals surface area contributed by atoms with Gasteiger partial charge in [0.05, 0.1) is 6.61 Å². The van der Waals surface area contributed by atoms with E-state index in [0.717, 1.165) is 5.56 Å². The first-order valence-electron chi connectivity index (χ1n) is 8.83. The number of anilines is 1. The van der Waals surface area contributed by atoms with Gasteiger partial charge in [-0.15, -0.1) is 0 Å². The lowest BCUT2D eigenvalue weighted by Crippen LogP contribution is -2.46. The van der Waals surface area contributed by atoms with Crippen LogP contribution in [0.4, 0.5) is 5.69 Å². The van der Waals surface area contributed by atoms with Gasteiger partial charge in [-0.2, -0.15) is 5.26 Å². The zero-order chi connectivity index (χ0) is 19.8. The minimum absolute atomic E-state index is 0.0267. The number of nitrogens with one attached hydrogen (secondary N) is 1. The lowest BCUT2D eigenvalue weighted by atomic mass is 9.67. The summed E-state index contributed by atoms with van der Waals surface area (Å²) in [5.74, 6) is -1.11. The first kappa shape index (κ1) is 18.5. The Hall–Kier alpha value is -3.27. The lowest BCUT2D eigenvalue weighted by molar-refractivity contribution is -0.140. The van der Waals surface area contributed by atoms with Crippen molar-refractivity contribution in [1.29, 1.82) is 5.26 Å². The van der Waals surface area contributed by atoms with E-state index in [4.69, 9.17) is 15.2 Å². The summed E-state index contributed by atoms with van der Waals surface area (Å²) < 4.78 is 10.9. The number of rotatable bonds is 4. The van der Waals surface area contributed by atoms with Gasteiger partial charge in [-0.3, -0.25) is 4.79 Å². The highest BCUT2D eigenvalue weighted by Gasteiger charge is 2.60. The zero-order valence-electron chi connectivity index (χ0n) is 15.5. The molecule has 0 radical (unpaired) electrons. The first-order chi connectivity index (χ1) is 12.9. The molecule has 2 aliphatic rings. The molecule has 1 amide bonds. The number of carbonyl (C=O) groups is 2. The maximum atomic E-state index is 13.3. The Bertz CT molecular complexity index is 939. The highest BCUT2D eigenvalue weighted by atomic mass is 16.5. The second kappa shape index (κ2) is 6.80. The SMILES string of the molecule is CCCC1=C(C(=O)OCC)[C@]2(C(=O)Nc3ccc(C)cc32)C(C#N)=C(N)O1. The minimum atomic E-state index is -1.67. The molecule has 1 aromatic carbocycles. The Morgan fingerprint density at radius 3 is 2.78 bits per heavy atom. The van der Waals surface area contributed by atoms with Gasteiger partial charge >= 0.3 is 5.97 Å². The predicted octanol–water partition coefficient (Wildman–Crippen LogP) is 2.53. The second-order valence-corrected chi connectivity index (χ2v) is 6.47. The van der Waals surface area contributed by atoms with Crippen molar-refractivity contribution in [3.8, 4) is 6.07 Å². The fourth-order valence-corrected chi connectivity index (χ4v) is 3.68. The van der Waals surface area contributed by atoms with Crippen molar-refractivity contribution in [1.82, 2.24) is 0 Å². The summed E-state index contributed by atoms with van der Waals surface area (Å²) in [6.45, 7) is 5.59. The number of carbonyl (C=O) groups excluding carboxylic acids is 2. The topological polar surface area (TPSA) is 114 Å². The number of ether oxygens (including phenoxy) is 2. The van der Waals surface area contributed by atoms with E-state index in [0.29, 0.717) is 24.1 Å². The van der Waals surface area contributed by atoms with Crippen LogP contribution in [0.25, 0.3) is 0 Å². The molecule has 0 saturated carbocycles. The van der Waals surface area contributed by atoms with Crippen LogP contribution in [0.2, 0.25) is 0 Å². The quantitative estimate of drug-likeness (QED) is 0.790. The van der Waals surface area contributed by atoms with Crippen molar-refractivity contribution < 1.29 is 19.1 Å². The Morgan fingerprint density at radius 2 is 2.15 bits per heavy atom. The van der Waals surface area contributed by atoms with E-state index in [1.54, 1.807) is 19.1 Å². The molecule has 27 heavy (non-hydrogen) atoms. The van der Waals surface area contributed by atoms with Crippen molar-refractivity contribution in [2.75, 3.05) is 11.9 Å². The second-order valence-electron chi connectivity index (χ2n) is 6.47. The van der Waals surface area contributed by atoms with Gasteiger partial charge in [0.2, 0.25) is 11.8 Å². The number of hydrogen-bond donors (Lipinski definition) is 2. The molecule has 3 N–H and O–H groups in total. The maximum Gasteiger partial charge on any atom is 0.339 e. The van der Waals surface area contributed by atoms with E-state index in [9.17, 15) is 14.9 Å². The Kier molecular flexibility index (Phi) is 4.66. The van der Waals surface area contributed by atoms with Crippen molar-refractivity contribution >= 4 is 17.6 Å². The van der Waals surface area contributed by atoms with Crippen LogP contribution >= 0.6 is 0 Å². The van der Waals surface area contributed by atoms with E-state index in [1.807, 2.05) is 26.0 Å².